The third kappa shape index (κ3) is 7.17. The molecule has 2 heteroatoms. The van der Waals surface area contributed by atoms with Crippen LogP contribution in [0.1, 0.15) is 84.1 Å². The molecule has 0 spiro atoms. The molecule has 0 amide bonds. The van der Waals surface area contributed by atoms with Gasteiger partial charge in [0.1, 0.15) is 0 Å². The molecule has 1 rings (SSSR count). The maximum absolute atomic E-state index is 4.72. The summed E-state index contributed by atoms with van der Waals surface area (Å²) in [6.45, 7) is 9.21. The monoisotopic (exact) mass is 395 g/mol. The second kappa shape index (κ2) is 10.6. The van der Waals surface area contributed by atoms with Gasteiger partial charge in [-0.2, -0.15) is 0 Å². The molecule has 0 saturated heterocycles. The molecule has 1 aromatic heterocycles. The van der Waals surface area contributed by atoms with Gasteiger partial charge in [0.15, 0.2) is 0 Å². The average Bonchev–Trinajstić information content (AvgIpc) is 2.48. The van der Waals surface area contributed by atoms with E-state index in [-0.39, 0.29) is 0 Å². The zero-order valence-corrected chi connectivity index (χ0v) is 17.4. The van der Waals surface area contributed by atoms with Crippen LogP contribution in [0.4, 0.5) is 0 Å². The number of unbranched alkanes of at least 4 members (excludes halogenated alkanes) is 3. The van der Waals surface area contributed by atoms with E-state index in [1.54, 1.807) is 0 Å². The minimum atomic E-state index is -0.628. The fourth-order valence-corrected chi connectivity index (χ4v) is 8.37. The number of nitrogens with zero attached hydrogens (tertiary/aromatic N) is 1. The van der Waals surface area contributed by atoms with Crippen LogP contribution in [-0.2, 0) is 0 Å². The molecule has 0 aliphatic carbocycles. The van der Waals surface area contributed by atoms with Crippen LogP contribution >= 0.6 is 0 Å². The first-order chi connectivity index (χ1) is 10.2. The van der Waals surface area contributed by atoms with E-state index in [9.17, 15) is 0 Å². The predicted molar refractivity (Wildman–Crippen MR) is 95.6 cm³/mol. The summed E-state index contributed by atoms with van der Waals surface area (Å²) in [5.74, 6) is 0. The molecule has 118 valence electrons. The molecule has 0 aliphatic rings. The zero-order valence-electron chi connectivity index (χ0n) is 14.5. The minimum absolute atomic E-state index is 0.628. The standard InChI is InChI=1S/C13H27.C6H6N.Sn/c1-4-7-10-13(11-8-5-2)12-9-6-3;1-6-2-4-7-5-3-6;/h4-12H2,1-3H3;2-4H,1H3;. The number of pyridine rings is 1. The SMILES string of the molecule is CCCC[C](CCCC)(CCCC)[Sn][c]1cc(C)ccn1. The topological polar surface area (TPSA) is 12.9 Å². The van der Waals surface area contributed by atoms with Gasteiger partial charge in [-0.05, 0) is 0 Å². The van der Waals surface area contributed by atoms with Crippen molar-refractivity contribution < 1.29 is 0 Å². The van der Waals surface area contributed by atoms with Crippen LogP contribution in [0.5, 0.6) is 0 Å². The first-order valence-electron chi connectivity index (χ1n) is 8.86. The van der Waals surface area contributed by atoms with Crippen molar-refractivity contribution in [2.75, 3.05) is 0 Å². The Labute approximate surface area is 142 Å². The summed E-state index contributed by atoms with van der Waals surface area (Å²) in [4.78, 5) is 4.72. The van der Waals surface area contributed by atoms with E-state index in [1.807, 2.05) is 6.20 Å². The van der Waals surface area contributed by atoms with Gasteiger partial charge in [-0.3, -0.25) is 0 Å². The second-order valence-corrected chi connectivity index (χ2v) is 11.6. The summed E-state index contributed by atoms with van der Waals surface area (Å²) in [7, 11) is 0. The molecule has 21 heavy (non-hydrogen) atoms. The molecular weight excluding hydrogens is 361 g/mol. The maximum atomic E-state index is 4.72. The van der Waals surface area contributed by atoms with Crippen molar-refractivity contribution in [1.29, 1.82) is 0 Å². The Bertz CT molecular complexity index is 367. The Balaban J connectivity index is 2.88. The van der Waals surface area contributed by atoms with Crippen molar-refractivity contribution in [2.24, 2.45) is 0 Å². The van der Waals surface area contributed by atoms with Gasteiger partial charge in [0.25, 0.3) is 0 Å². The molecule has 0 saturated carbocycles. The molecule has 0 bridgehead atoms. The van der Waals surface area contributed by atoms with E-state index >= 15 is 0 Å². The fourth-order valence-electron chi connectivity index (χ4n) is 2.98. The van der Waals surface area contributed by atoms with Crippen molar-refractivity contribution in [3.05, 3.63) is 23.9 Å². The Morgan fingerprint density at radius 2 is 1.48 bits per heavy atom. The van der Waals surface area contributed by atoms with Crippen molar-refractivity contribution in [2.45, 2.75) is 88.9 Å². The number of rotatable bonds is 11. The molecule has 0 N–H and O–H groups in total. The van der Waals surface area contributed by atoms with Crippen LogP contribution < -0.4 is 3.71 Å². The Hall–Kier alpha value is -0.0513. The predicted octanol–water partition coefficient (Wildman–Crippen LogP) is 5.45. The normalized spacial score (nSPS) is 11.8. The van der Waals surface area contributed by atoms with E-state index in [1.165, 1.54) is 67.1 Å². The first kappa shape index (κ1) is 19.0. The van der Waals surface area contributed by atoms with Crippen LogP contribution in [0, 0.1) is 6.92 Å². The third-order valence-corrected chi connectivity index (χ3v) is 9.50. The van der Waals surface area contributed by atoms with Crippen molar-refractivity contribution in [3.8, 4) is 0 Å². The van der Waals surface area contributed by atoms with Crippen molar-refractivity contribution in [3.63, 3.8) is 0 Å². The molecule has 0 unspecified atom stereocenters. The van der Waals surface area contributed by atoms with Gasteiger partial charge in [-0.15, -0.1) is 0 Å². The van der Waals surface area contributed by atoms with Crippen molar-refractivity contribution in [1.82, 2.24) is 4.98 Å². The van der Waals surface area contributed by atoms with Crippen LogP contribution in [0.15, 0.2) is 18.3 Å². The van der Waals surface area contributed by atoms with Gasteiger partial charge < -0.3 is 0 Å². The van der Waals surface area contributed by atoms with Crippen LogP contribution in [-0.4, -0.2) is 26.1 Å². The summed E-state index contributed by atoms with van der Waals surface area (Å²) >= 11 is -0.628. The van der Waals surface area contributed by atoms with E-state index in [4.69, 9.17) is 4.98 Å². The number of aromatic nitrogens is 1. The summed E-state index contributed by atoms with van der Waals surface area (Å²) in [6.07, 6.45) is 14.6. The third-order valence-electron chi connectivity index (χ3n) is 4.34. The van der Waals surface area contributed by atoms with Gasteiger partial charge >= 0.3 is 143 Å². The number of hydrogen-bond donors (Lipinski definition) is 0. The van der Waals surface area contributed by atoms with Gasteiger partial charge in [0.05, 0.1) is 0 Å². The number of aryl methyl sites for hydroxylation is 1. The molecule has 0 aliphatic heterocycles. The Morgan fingerprint density at radius 1 is 0.952 bits per heavy atom. The molecule has 1 heterocycles. The number of hydrogen-bond acceptors (Lipinski definition) is 1. The molecule has 0 aromatic carbocycles. The Kier molecular flexibility index (Phi) is 9.62. The molecule has 1 nitrogen and oxygen atoms in total. The van der Waals surface area contributed by atoms with Gasteiger partial charge in [0, 0.05) is 0 Å². The van der Waals surface area contributed by atoms with Gasteiger partial charge in [0.2, 0.25) is 0 Å². The fraction of sp³-hybridized carbons (Fsp3) is 0.737. The summed E-state index contributed by atoms with van der Waals surface area (Å²) in [6, 6.07) is 4.50. The first-order valence-corrected chi connectivity index (χ1v) is 11.7. The molecule has 1 aromatic rings. The van der Waals surface area contributed by atoms with E-state index in [0.29, 0.717) is 3.43 Å². The van der Waals surface area contributed by atoms with E-state index in [0.717, 1.165) is 0 Å². The van der Waals surface area contributed by atoms with Crippen LogP contribution in [0.2, 0.25) is 3.43 Å². The summed E-state index contributed by atoms with van der Waals surface area (Å²) in [5, 5.41) is 0. The van der Waals surface area contributed by atoms with Gasteiger partial charge in [-0.1, -0.05) is 0 Å². The molecule has 0 atom stereocenters. The van der Waals surface area contributed by atoms with Gasteiger partial charge in [-0.25, -0.2) is 0 Å². The van der Waals surface area contributed by atoms with E-state index < -0.39 is 21.1 Å². The summed E-state index contributed by atoms with van der Waals surface area (Å²) < 4.78 is 2.13. The summed E-state index contributed by atoms with van der Waals surface area (Å²) in [5.41, 5.74) is 1.39. The molecule has 2 radical (unpaired) electrons. The molecule has 0 fully saturated rings. The van der Waals surface area contributed by atoms with E-state index in [2.05, 4.69) is 39.8 Å². The zero-order chi connectivity index (χ0) is 15.6. The quantitative estimate of drug-likeness (QED) is 0.455. The van der Waals surface area contributed by atoms with Crippen LogP contribution in [0.25, 0.3) is 0 Å². The average molecular weight is 394 g/mol. The van der Waals surface area contributed by atoms with Crippen molar-refractivity contribution >= 4 is 24.9 Å². The van der Waals surface area contributed by atoms with Crippen LogP contribution in [0.3, 0.4) is 0 Å². The second-order valence-electron chi connectivity index (χ2n) is 6.43. The Morgan fingerprint density at radius 3 is 1.90 bits per heavy atom. The molecular formula is C19H33NSn.